The van der Waals surface area contributed by atoms with Crippen molar-refractivity contribution in [1.29, 1.82) is 0 Å². The molecule has 0 amide bonds. The molecular weight excluding hydrogens is 361 g/mol. The molecule has 0 bridgehead atoms. The molecule has 0 aliphatic carbocycles. The van der Waals surface area contributed by atoms with E-state index in [9.17, 15) is 0 Å². The van der Waals surface area contributed by atoms with Gasteiger partial charge in [-0.3, -0.25) is 4.99 Å². The van der Waals surface area contributed by atoms with Crippen LogP contribution in [0.15, 0.2) is 29.3 Å². The highest BCUT2D eigenvalue weighted by Crippen LogP contribution is 2.05. The molecule has 0 aliphatic rings. The number of halogens is 1. The number of guanidine groups is 1. The van der Waals surface area contributed by atoms with E-state index in [2.05, 4.69) is 67.6 Å². The Hall–Kier alpha value is -0.780. The predicted molar refractivity (Wildman–Crippen MR) is 99.2 cm³/mol. The van der Waals surface area contributed by atoms with Crippen molar-refractivity contribution in [2.24, 2.45) is 4.99 Å². The first kappa shape index (κ1) is 19.2. The molecule has 0 aromatic heterocycles. The quantitative estimate of drug-likeness (QED) is 0.471. The van der Waals surface area contributed by atoms with Crippen LogP contribution < -0.4 is 10.6 Å². The predicted octanol–water partition coefficient (Wildman–Crippen LogP) is 3.37. The minimum atomic E-state index is 0. The van der Waals surface area contributed by atoms with E-state index < -0.39 is 0 Å². The van der Waals surface area contributed by atoms with Crippen molar-refractivity contribution < 1.29 is 0 Å². The summed E-state index contributed by atoms with van der Waals surface area (Å²) >= 11 is 0. The Balaban J connectivity index is 0.00000361. The summed E-state index contributed by atoms with van der Waals surface area (Å²) in [5.41, 5.74) is 2.78. The van der Waals surface area contributed by atoms with Gasteiger partial charge >= 0.3 is 0 Å². The van der Waals surface area contributed by atoms with Gasteiger partial charge in [0.15, 0.2) is 5.96 Å². The summed E-state index contributed by atoms with van der Waals surface area (Å²) in [5.74, 6) is 0.859. The molecule has 0 spiro atoms. The van der Waals surface area contributed by atoms with E-state index in [4.69, 9.17) is 0 Å². The Morgan fingerprint density at radius 3 is 2.10 bits per heavy atom. The van der Waals surface area contributed by atoms with Gasteiger partial charge in [0.2, 0.25) is 0 Å². The lowest BCUT2D eigenvalue weighted by Crippen LogP contribution is -2.48. The molecule has 1 rings (SSSR count). The third kappa shape index (κ3) is 7.72. The van der Waals surface area contributed by atoms with Gasteiger partial charge in [0.25, 0.3) is 0 Å². The Labute approximate surface area is 140 Å². The van der Waals surface area contributed by atoms with Gasteiger partial charge in [-0.2, -0.15) is 0 Å². The van der Waals surface area contributed by atoms with Crippen molar-refractivity contribution in [3.8, 4) is 0 Å². The maximum absolute atomic E-state index is 4.23. The van der Waals surface area contributed by atoms with Gasteiger partial charge in [-0.05, 0) is 44.7 Å². The third-order valence-electron chi connectivity index (χ3n) is 2.85. The highest BCUT2D eigenvalue weighted by molar-refractivity contribution is 14.0. The first-order chi connectivity index (χ1) is 8.94. The zero-order chi connectivity index (χ0) is 14.3. The minimum absolute atomic E-state index is 0. The monoisotopic (exact) mass is 389 g/mol. The third-order valence-corrected chi connectivity index (χ3v) is 2.85. The SMILES string of the molecule is CCc1ccc(CCNC(=NC)NC(C)(C)C)cc1.I. The van der Waals surface area contributed by atoms with Crippen LogP contribution >= 0.6 is 24.0 Å². The summed E-state index contributed by atoms with van der Waals surface area (Å²) in [4.78, 5) is 4.23. The fourth-order valence-electron chi connectivity index (χ4n) is 1.80. The standard InChI is InChI=1S/C16H27N3.HI/c1-6-13-7-9-14(10-8-13)11-12-18-15(17-5)19-16(2,3)4;/h7-10H,6,11-12H2,1-5H3,(H2,17,18,19);1H. The van der Waals surface area contributed by atoms with Gasteiger partial charge in [0, 0.05) is 19.1 Å². The van der Waals surface area contributed by atoms with Crippen molar-refractivity contribution in [2.75, 3.05) is 13.6 Å². The molecule has 0 saturated carbocycles. The van der Waals surface area contributed by atoms with E-state index in [1.807, 2.05) is 0 Å². The summed E-state index contributed by atoms with van der Waals surface area (Å²) in [5, 5.41) is 6.69. The second-order valence-corrected chi connectivity index (χ2v) is 5.79. The molecule has 20 heavy (non-hydrogen) atoms. The number of aliphatic imine (C=N–C) groups is 1. The molecule has 3 nitrogen and oxygen atoms in total. The smallest absolute Gasteiger partial charge is 0.191 e. The molecule has 0 radical (unpaired) electrons. The molecule has 0 unspecified atom stereocenters. The lowest BCUT2D eigenvalue weighted by atomic mass is 10.1. The zero-order valence-corrected chi connectivity index (χ0v) is 15.6. The first-order valence-electron chi connectivity index (χ1n) is 7.01. The molecule has 1 aromatic carbocycles. The molecule has 0 aliphatic heterocycles. The second-order valence-electron chi connectivity index (χ2n) is 5.79. The number of hydrogen-bond acceptors (Lipinski definition) is 1. The van der Waals surface area contributed by atoms with Gasteiger partial charge in [-0.1, -0.05) is 31.2 Å². The van der Waals surface area contributed by atoms with E-state index in [1.54, 1.807) is 7.05 Å². The molecule has 2 N–H and O–H groups in total. The number of benzene rings is 1. The average Bonchev–Trinajstić information content (AvgIpc) is 2.37. The molecular formula is C16H28IN3. The van der Waals surface area contributed by atoms with Crippen molar-refractivity contribution in [3.63, 3.8) is 0 Å². The van der Waals surface area contributed by atoms with Gasteiger partial charge in [-0.15, -0.1) is 24.0 Å². The van der Waals surface area contributed by atoms with Crippen LogP contribution in [0.25, 0.3) is 0 Å². The molecule has 4 heteroatoms. The topological polar surface area (TPSA) is 36.4 Å². The summed E-state index contributed by atoms with van der Waals surface area (Å²) in [6.45, 7) is 9.45. The minimum Gasteiger partial charge on any atom is -0.356 e. The Bertz CT molecular complexity index is 405. The van der Waals surface area contributed by atoms with Crippen LogP contribution in [0.5, 0.6) is 0 Å². The van der Waals surface area contributed by atoms with E-state index in [0.717, 1.165) is 25.3 Å². The fourth-order valence-corrected chi connectivity index (χ4v) is 1.80. The molecule has 0 atom stereocenters. The molecule has 114 valence electrons. The van der Waals surface area contributed by atoms with E-state index in [1.165, 1.54) is 11.1 Å². The number of nitrogens with zero attached hydrogens (tertiary/aromatic N) is 1. The molecule has 0 heterocycles. The van der Waals surface area contributed by atoms with Crippen LogP contribution in [0, 0.1) is 0 Å². The number of rotatable bonds is 4. The maximum Gasteiger partial charge on any atom is 0.191 e. The van der Waals surface area contributed by atoms with Crippen LogP contribution in [0.3, 0.4) is 0 Å². The first-order valence-corrected chi connectivity index (χ1v) is 7.01. The lowest BCUT2D eigenvalue weighted by Gasteiger charge is -2.23. The van der Waals surface area contributed by atoms with Crippen molar-refractivity contribution in [3.05, 3.63) is 35.4 Å². The largest absolute Gasteiger partial charge is 0.356 e. The highest BCUT2D eigenvalue weighted by atomic mass is 127. The average molecular weight is 389 g/mol. The number of aryl methyl sites for hydroxylation is 1. The zero-order valence-electron chi connectivity index (χ0n) is 13.3. The maximum atomic E-state index is 4.23. The molecule has 0 saturated heterocycles. The fraction of sp³-hybridized carbons (Fsp3) is 0.562. The van der Waals surface area contributed by atoms with Gasteiger partial charge < -0.3 is 10.6 Å². The van der Waals surface area contributed by atoms with Crippen LogP contribution in [0.4, 0.5) is 0 Å². The number of nitrogens with one attached hydrogen (secondary N) is 2. The normalized spacial score (nSPS) is 11.8. The van der Waals surface area contributed by atoms with Gasteiger partial charge in [0.1, 0.15) is 0 Å². The van der Waals surface area contributed by atoms with Crippen molar-refractivity contribution >= 4 is 29.9 Å². The van der Waals surface area contributed by atoms with E-state index in [0.29, 0.717) is 0 Å². The lowest BCUT2D eigenvalue weighted by molar-refractivity contribution is 0.501. The molecule has 0 fully saturated rings. The Kier molecular flexibility index (Phi) is 8.85. The summed E-state index contributed by atoms with van der Waals surface area (Å²) in [6, 6.07) is 8.83. The summed E-state index contributed by atoms with van der Waals surface area (Å²) < 4.78 is 0. The number of hydrogen-bond donors (Lipinski definition) is 2. The van der Waals surface area contributed by atoms with Crippen LogP contribution in [0.1, 0.15) is 38.8 Å². The van der Waals surface area contributed by atoms with Crippen LogP contribution in [-0.4, -0.2) is 25.1 Å². The van der Waals surface area contributed by atoms with Crippen molar-refractivity contribution in [2.45, 2.75) is 46.1 Å². The van der Waals surface area contributed by atoms with Gasteiger partial charge in [0.05, 0.1) is 0 Å². The van der Waals surface area contributed by atoms with E-state index >= 15 is 0 Å². The Morgan fingerprint density at radius 1 is 1.10 bits per heavy atom. The molecule has 1 aromatic rings. The van der Waals surface area contributed by atoms with Crippen molar-refractivity contribution in [1.82, 2.24) is 10.6 Å². The van der Waals surface area contributed by atoms with E-state index in [-0.39, 0.29) is 29.5 Å². The second kappa shape index (κ2) is 9.21. The highest BCUT2D eigenvalue weighted by Gasteiger charge is 2.11. The summed E-state index contributed by atoms with van der Waals surface area (Å²) in [6.07, 6.45) is 2.11. The van der Waals surface area contributed by atoms with Gasteiger partial charge in [-0.25, -0.2) is 0 Å². The van der Waals surface area contributed by atoms with Crippen LogP contribution in [0.2, 0.25) is 0 Å². The van der Waals surface area contributed by atoms with Crippen LogP contribution in [-0.2, 0) is 12.8 Å². The Morgan fingerprint density at radius 2 is 1.65 bits per heavy atom. The summed E-state index contributed by atoms with van der Waals surface area (Å²) in [7, 11) is 1.80.